The quantitative estimate of drug-likeness (QED) is 0.878. The van der Waals surface area contributed by atoms with Crippen LogP contribution in [-0.4, -0.2) is 42.2 Å². The Kier molecular flexibility index (Phi) is 5.70. The maximum Gasteiger partial charge on any atom is 0.224 e. The van der Waals surface area contributed by atoms with Gasteiger partial charge in [-0.15, -0.1) is 0 Å². The number of fused-ring (bicyclic) bond motifs is 1. The lowest BCUT2D eigenvalue weighted by Crippen LogP contribution is -2.39. The molecule has 2 aliphatic heterocycles. The smallest absolute Gasteiger partial charge is 0.224 e. The standard InChI is InChI=1S/C20H33N5/c1-2-8-14-25(13-7-1)19-17-10-3-4-11-18(17)23-20(24-19)22-15-16-9-5-6-12-21-16/h16,21H,1-15H2,(H,22,23,24). The largest absolute Gasteiger partial charge is 0.356 e. The van der Waals surface area contributed by atoms with E-state index < -0.39 is 0 Å². The van der Waals surface area contributed by atoms with Gasteiger partial charge < -0.3 is 15.5 Å². The third-order valence-electron chi connectivity index (χ3n) is 5.99. The van der Waals surface area contributed by atoms with Crippen molar-refractivity contribution in [3.63, 3.8) is 0 Å². The number of nitrogens with one attached hydrogen (secondary N) is 2. The van der Waals surface area contributed by atoms with Crippen molar-refractivity contribution in [2.45, 2.75) is 76.7 Å². The van der Waals surface area contributed by atoms with Crippen LogP contribution in [0.15, 0.2) is 0 Å². The van der Waals surface area contributed by atoms with E-state index in [1.165, 1.54) is 74.9 Å². The van der Waals surface area contributed by atoms with Crippen molar-refractivity contribution in [3.8, 4) is 0 Å². The highest BCUT2D eigenvalue weighted by Gasteiger charge is 2.23. The monoisotopic (exact) mass is 343 g/mol. The fourth-order valence-electron chi connectivity index (χ4n) is 4.51. The summed E-state index contributed by atoms with van der Waals surface area (Å²) >= 11 is 0. The molecule has 25 heavy (non-hydrogen) atoms. The van der Waals surface area contributed by atoms with Gasteiger partial charge in [-0.1, -0.05) is 19.3 Å². The van der Waals surface area contributed by atoms with Crippen molar-refractivity contribution in [3.05, 3.63) is 11.3 Å². The SMILES string of the molecule is C1CCCN(c2nc(NCC3CCCCN3)nc3c2CCCC3)CC1. The molecule has 2 fully saturated rings. The lowest BCUT2D eigenvalue weighted by atomic mass is 9.96. The van der Waals surface area contributed by atoms with Crippen molar-refractivity contribution >= 4 is 11.8 Å². The van der Waals surface area contributed by atoms with E-state index in [0.29, 0.717) is 6.04 Å². The minimum atomic E-state index is 0.565. The summed E-state index contributed by atoms with van der Waals surface area (Å²) in [5.74, 6) is 2.10. The van der Waals surface area contributed by atoms with Gasteiger partial charge in [0.25, 0.3) is 0 Å². The van der Waals surface area contributed by atoms with Gasteiger partial charge in [-0.25, -0.2) is 4.98 Å². The molecule has 0 radical (unpaired) electrons. The third kappa shape index (κ3) is 4.25. The summed E-state index contributed by atoms with van der Waals surface area (Å²) in [5.41, 5.74) is 2.74. The molecule has 0 bridgehead atoms. The fourth-order valence-corrected chi connectivity index (χ4v) is 4.51. The van der Waals surface area contributed by atoms with Crippen LogP contribution in [0.2, 0.25) is 0 Å². The molecule has 0 spiro atoms. The molecule has 1 aromatic rings. The molecule has 0 saturated carbocycles. The van der Waals surface area contributed by atoms with Gasteiger partial charge in [0.15, 0.2) is 0 Å². The number of piperidine rings is 1. The van der Waals surface area contributed by atoms with Crippen molar-refractivity contribution in [2.24, 2.45) is 0 Å². The summed E-state index contributed by atoms with van der Waals surface area (Å²) in [5, 5.41) is 7.16. The number of anilines is 2. The van der Waals surface area contributed by atoms with E-state index in [4.69, 9.17) is 9.97 Å². The first-order valence-corrected chi connectivity index (χ1v) is 10.5. The second kappa shape index (κ2) is 8.35. The van der Waals surface area contributed by atoms with Crippen molar-refractivity contribution in [1.82, 2.24) is 15.3 Å². The van der Waals surface area contributed by atoms with E-state index in [2.05, 4.69) is 15.5 Å². The van der Waals surface area contributed by atoms with Crippen LogP contribution >= 0.6 is 0 Å². The van der Waals surface area contributed by atoms with Crippen LogP contribution in [0.3, 0.4) is 0 Å². The molecule has 2 saturated heterocycles. The van der Waals surface area contributed by atoms with Crippen molar-refractivity contribution in [2.75, 3.05) is 36.4 Å². The number of hydrogen-bond acceptors (Lipinski definition) is 5. The number of rotatable bonds is 4. The molecule has 1 aromatic heterocycles. The second-order valence-corrected chi connectivity index (χ2v) is 7.93. The Balaban J connectivity index is 1.53. The Morgan fingerprint density at radius 2 is 1.76 bits per heavy atom. The van der Waals surface area contributed by atoms with Crippen molar-refractivity contribution in [1.29, 1.82) is 0 Å². The van der Waals surface area contributed by atoms with E-state index in [1.807, 2.05) is 0 Å². The Labute approximate surface area is 152 Å². The van der Waals surface area contributed by atoms with E-state index in [1.54, 1.807) is 0 Å². The lowest BCUT2D eigenvalue weighted by Gasteiger charge is -2.28. The highest BCUT2D eigenvalue weighted by molar-refractivity contribution is 5.53. The Hall–Kier alpha value is -1.36. The van der Waals surface area contributed by atoms with Gasteiger partial charge in [-0.2, -0.15) is 4.98 Å². The van der Waals surface area contributed by atoms with E-state index >= 15 is 0 Å². The molecule has 3 aliphatic rings. The van der Waals surface area contributed by atoms with Gasteiger partial charge in [0.2, 0.25) is 5.95 Å². The molecule has 1 aliphatic carbocycles. The van der Waals surface area contributed by atoms with Crippen LogP contribution in [0.25, 0.3) is 0 Å². The maximum atomic E-state index is 5.01. The first kappa shape index (κ1) is 17.1. The molecule has 1 atom stereocenters. The molecule has 2 N–H and O–H groups in total. The number of aromatic nitrogens is 2. The molecule has 138 valence electrons. The molecule has 5 heteroatoms. The van der Waals surface area contributed by atoms with Gasteiger partial charge in [0.1, 0.15) is 5.82 Å². The zero-order valence-corrected chi connectivity index (χ0v) is 15.5. The predicted molar refractivity (Wildman–Crippen MR) is 103 cm³/mol. The fraction of sp³-hybridized carbons (Fsp3) is 0.800. The van der Waals surface area contributed by atoms with Gasteiger partial charge in [-0.3, -0.25) is 0 Å². The van der Waals surface area contributed by atoms with E-state index in [9.17, 15) is 0 Å². The molecular weight excluding hydrogens is 310 g/mol. The first-order chi connectivity index (χ1) is 12.4. The van der Waals surface area contributed by atoms with Crippen LogP contribution in [0.1, 0.15) is 69.0 Å². The minimum Gasteiger partial charge on any atom is -0.356 e. The van der Waals surface area contributed by atoms with Crippen LogP contribution in [0, 0.1) is 0 Å². The molecule has 5 nitrogen and oxygen atoms in total. The zero-order chi connectivity index (χ0) is 16.9. The summed E-state index contributed by atoms with van der Waals surface area (Å²) in [7, 11) is 0. The van der Waals surface area contributed by atoms with Crippen LogP contribution in [0.5, 0.6) is 0 Å². The molecular formula is C20H33N5. The molecule has 1 unspecified atom stereocenters. The summed E-state index contributed by atoms with van der Waals surface area (Å²) in [6.07, 6.45) is 14.1. The highest BCUT2D eigenvalue weighted by Crippen LogP contribution is 2.30. The Morgan fingerprint density at radius 1 is 0.920 bits per heavy atom. The van der Waals surface area contributed by atoms with Crippen LogP contribution in [0.4, 0.5) is 11.8 Å². The Bertz CT molecular complexity index is 559. The van der Waals surface area contributed by atoms with Gasteiger partial charge in [0, 0.05) is 31.2 Å². The first-order valence-electron chi connectivity index (χ1n) is 10.5. The van der Waals surface area contributed by atoms with Crippen molar-refractivity contribution < 1.29 is 0 Å². The van der Waals surface area contributed by atoms with Gasteiger partial charge >= 0.3 is 0 Å². The number of aryl methyl sites for hydroxylation is 1. The zero-order valence-electron chi connectivity index (χ0n) is 15.5. The summed E-state index contributed by atoms with van der Waals surface area (Å²) in [6.45, 7) is 4.41. The van der Waals surface area contributed by atoms with Crippen LogP contribution < -0.4 is 15.5 Å². The number of hydrogen-bond donors (Lipinski definition) is 2. The average Bonchev–Trinajstić information content (AvgIpc) is 2.96. The molecule has 3 heterocycles. The van der Waals surface area contributed by atoms with E-state index in [-0.39, 0.29) is 0 Å². The maximum absolute atomic E-state index is 5.01. The predicted octanol–water partition coefficient (Wildman–Crippen LogP) is 3.29. The lowest BCUT2D eigenvalue weighted by molar-refractivity contribution is 0.413. The highest BCUT2D eigenvalue weighted by atomic mass is 15.2. The molecule has 0 aromatic carbocycles. The second-order valence-electron chi connectivity index (χ2n) is 7.93. The minimum absolute atomic E-state index is 0.565. The molecule has 0 amide bonds. The van der Waals surface area contributed by atoms with Crippen LogP contribution in [-0.2, 0) is 12.8 Å². The third-order valence-corrected chi connectivity index (χ3v) is 5.99. The normalized spacial score (nSPS) is 24.5. The van der Waals surface area contributed by atoms with Gasteiger partial charge in [0.05, 0.1) is 5.69 Å². The summed E-state index contributed by atoms with van der Waals surface area (Å²) < 4.78 is 0. The van der Waals surface area contributed by atoms with Gasteiger partial charge in [-0.05, 0) is 57.9 Å². The number of nitrogens with zero attached hydrogens (tertiary/aromatic N) is 3. The van der Waals surface area contributed by atoms with E-state index in [0.717, 1.165) is 45.0 Å². The summed E-state index contributed by atoms with van der Waals surface area (Å²) in [4.78, 5) is 12.5. The molecule has 4 rings (SSSR count). The average molecular weight is 344 g/mol. The topological polar surface area (TPSA) is 53.1 Å². The summed E-state index contributed by atoms with van der Waals surface area (Å²) in [6, 6.07) is 0.565. The Morgan fingerprint density at radius 3 is 2.56 bits per heavy atom.